The molecular formula is C11H14FNO4S. The molecule has 1 atom stereocenters. The van der Waals surface area contributed by atoms with Crippen LogP contribution in [-0.2, 0) is 14.8 Å². The molecule has 1 rings (SSSR count). The number of carbonyl (C=O) groups is 1. The number of carboxylic acids is 1. The molecule has 18 heavy (non-hydrogen) atoms. The van der Waals surface area contributed by atoms with Crippen molar-refractivity contribution >= 4 is 21.7 Å². The van der Waals surface area contributed by atoms with Crippen molar-refractivity contribution in [2.45, 2.75) is 19.1 Å². The van der Waals surface area contributed by atoms with E-state index >= 15 is 0 Å². The van der Waals surface area contributed by atoms with Gasteiger partial charge in [-0.15, -0.1) is 0 Å². The molecule has 0 spiro atoms. The van der Waals surface area contributed by atoms with Crippen LogP contribution in [0.3, 0.4) is 0 Å². The van der Waals surface area contributed by atoms with Gasteiger partial charge in [-0.2, -0.15) is 0 Å². The molecule has 1 aromatic carbocycles. The molecule has 0 aliphatic carbocycles. The van der Waals surface area contributed by atoms with Gasteiger partial charge in [0, 0.05) is 6.54 Å². The maximum atomic E-state index is 13.1. The van der Waals surface area contributed by atoms with Gasteiger partial charge in [-0.3, -0.25) is 9.10 Å². The monoisotopic (exact) mass is 275 g/mol. The average Bonchev–Trinajstić information content (AvgIpc) is 2.28. The summed E-state index contributed by atoms with van der Waals surface area (Å²) in [5.74, 6) is -2.02. The van der Waals surface area contributed by atoms with Gasteiger partial charge in [0.15, 0.2) is 5.25 Å². The third kappa shape index (κ3) is 2.79. The van der Waals surface area contributed by atoms with Crippen molar-refractivity contribution in [1.82, 2.24) is 0 Å². The Labute approximate surface area is 105 Å². The van der Waals surface area contributed by atoms with Crippen molar-refractivity contribution in [3.8, 4) is 0 Å². The minimum atomic E-state index is -4.05. The number of anilines is 1. The van der Waals surface area contributed by atoms with Gasteiger partial charge < -0.3 is 5.11 Å². The van der Waals surface area contributed by atoms with E-state index in [9.17, 15) is 17.6 Å². The summed E-state index contributed by atoms with van der Waals surface area (Å²) in [5.41, 5.74) is 0.116. The van der Waals surface area contributed by atoms with Crippen molar-refractivity contribution < 1.29 is 22.7 Å². The predicted molar refractivity (Wildman–Crippen MR) is 65.4 cm³/mol. The van der Waals surface area contributed by atoms with E-state index in [0.717, 1.165) is 17.3 Å². The Hall–Kier alpha value is -1.63. The van der Waals surface area contributed by atoms with Gasteiger partial charge in [0.1, 0.15) is 5.82 Å². The molecule has 100 valence electrons. The second-order valence-electron chi connectivity index (χ2n) is 3.67. The molecule has 0 fully saturated rings. The fraction of sp³-hybridized carbons (Fsp3) is 0.364. The lowest BCUT2D eigenvalue weighted by Gasteiger charge is -2.24. The van der Waals surface area contributed by atoms with Crippen molar-refractivity contribution in [2.24, 2.45) is 0 Å². The molecule has 0 heterocycles. The molecule has 0 bridgehead atoms. The van der Waals surface area contributed by atoms with Gasteiger partial charge in [-0.05, 0) is 32.0 Å². The molecule has 0 radical (unpaired) electrons. The van der Waals surface area contributed by atoms with E-state index < -0.39 is 27.1 Å². The van der Waals surface area contributed by atoms with E-state index in [1.165, 1.54) is 18.2 Å². The molecule has 1 aromatic rings. The minimum Gasteiger partial charge on any atom is -0.480 e. The summed E-state index contributed by atoms with van der Waals surface area (Å²) in [6.45, 7) is 2.67. The fourth-order valence-electron chi connectivity index (χ4n) is 1.46. The smallest absolute Gasteiger partial charge is 0.323 e. The Bertz CT molecular complexity index is 544. The lowest BCUT2D eigenvalue weighted by atomic mass is 10.3. The molecule has 0 aliphatic rings. The summed E-state index contributed by atoms with van der Waals surface area (Å²) >= 11 is 0. The Kier molecular flexibility index (Phi) is 4.28. The van der Waals surface area contributed by atoms with Crippen LogP contribution in [0, 0.1) is 5.82 Å². The standard InChI is InChI=1S/C11H14FNO4S/c1-3-13(10-6-4-5-9(12)7-10)18(16,17)8(2)11(14)15/h4-8H,3H2,1-2H3,(H,14,15). The SMILES string of the molecule is CCN(c1cccc(F)c1)S(=O)(=O)C(C)C(=O)O. The Morgan fingerprint density at radius 3 is 2.56 bits per heavy atom. The Morgan fingerprint density at radius 1 is 1.50 bits per heavy atom. The molecule has 7 heteroatoms. The number of halogens is 1. The van der Waals surface area contributed by atoms with Crippen LogP contribution < -0.4 is 4.31 Å². The number of benzene rings is 1. The normalized spacial score (nSPS) is 13.1. The first-order valence-electron chi connectivity index (χ1n) is 5.30. The number of sulfonamides is 1. The first kappa shape index (κ1) is 14.4. The molecule has 5 nitrogen and oxygen atoms in total. The third-order valence-electron chi connectivity index (χ3n) is 2.49. The van der Waals surface area contributed by atoms with Gasteiger partial charge in [-0.25, -0.2) is 12.8 Å². The molecule has 0 aliphatic heterocycles. The van der Waals surface area contributed by atoms with Crippen molar-refractivity contribution in [2.75, 3.05) is 10.8 Å². The maximum Gasteiger partial charge on any atom is 0.323 e. The van der Waals surface area contributed by atoms with Crippen molar-refractivity contribution in [3.05, 3.63) is 30.1 Å². The number of aliphatic carboxylic acids is 1. The molecule has 1 unspecified atom stereocenters. The molecule has 0 saturated carbocycles. The van der Waals surface area contributed by atoms with E-state index in [-0.39, 0.29) is 12.2 Å². The molecule has 1 N–H and O–H groups in total. The summed E-state index contributed by atoms with van der Waals surface area (Å²) in [7, 11) is -4.05. The van der Waals surface area contributed by atoms with Crippen LogP contribution in [-0.4, -0.2) is 31.3 Å². The average molecular weight is 275 g/mol. The summed E-state index contributed by atoms with van der Waals surface area (Å²) in [6.07, 6.45) is 0. The fourth-order valence-corrected chi connectivity index (χ4v) is 2.86. The van der Waals surface area contributed by atoms with Crippen LogP contribution in [0.5, 0.6) is 0 Å². The minimum absolute atomic E-state index is 0.0312. The number of hydrogen-bond acceptors (Lipinski definition) is 3. The summed E-state index contributed by atoms with van der Waals surface area (Å²) < 4.78 is 38.0. The number of rotatable bonds is 5. The predicted octanol–water partition coefficient (Wildman–Crippen LogP) is 1.45. The van der Waals surface area contributed by atoms with Crippen LogP contribution in [0.1, 0.15) is 13.8 Å². The highest BCUT2D eigenvalue weighted by atomic mass is 32.2. The Balaban J connectivity index is 3.22. The van der Waals surface area contributed by atoms with Crippen LogP contribution in [0.15, 0.2) is 24.3 Å². The van der Waals surface area contributed by atoms with E-state index in [4.69, 9.17) is 5.11 Å². The Morgan fingerprint density at radius 2 is 2.11 bits per heavy atom. The third-order valence-corrected chi connectivity index (χ3v) is 4.66. The van der Waals surface area contributed by atoms with Gasteiger partial charge in [0.05, 0.1) is 5.69 Å². The van der Waals surface area contributed by atoms with Crippen molar-refractivity contribution in [1.29, 1.82) is 0 Å². The second kappa shape index (κ2) is 5.34. The van der Waals surface area contributed by atoms with Crippen LogP contribution in [0.4, 0.5) is 10.1 Å². The number of hydrogen-bond donors (Lipinski definition) is 1. The van der Waals surface area contributed by atoms with Gasteiger partial charge in [0.2, 0.25) is 10.0 Å². The first-order valence-corrected chi connectivity index (χ1v) is 6.81. The lowest BCUT2D eigenvalue weighted by Crippen LogP contribution is -2.41. The van der Waals surface area contributed by atoms with Gasteiger partial charge in [0.25, 0.3) is 0 Å². The second-order valence-corrected chi connectivity index (χ2v) is 5.85. The van der Waals surface area contributed by atoms with Crippen LogP contribution >= 0.6 is 0 Å². The largest absolute Gasteiger partial charge is 0.480 e. The number of nitrogens with zero attached hydrogens (tertiary/aromatic N) is 1. The van der Waals surface area contributed by atoms with Gasteiger partial charge >= 0.3 is 5.97 Å². The number of carboxylic acid groups (broad SMARTS) is 1. The highest BCUT2D eigenvalue weighted by Crippen LogP contribution is 2.21. The lowest BCUT2D eigenvalue weighted by molar-refractivity contribution is -0.136. The summed E-state index contributed by atoms with van der Waals surface area (Å²) in [5, 5.41) is 7.20. The highest BCUT2D eigenvalue weighted by molar-refractivity contribution is 7.94. The maximum absolute atomic E-state index is 13.1. The molecule has 0 saturated heterocycles. The van der Waals surface area contributed by atoms with Crippen LogP contribution in [0.25, 0.3) is 0 Å². The van der Waals surface area contributed by atoms with E-state index in [1.807, 2.05) is 0 Å². The topological polar surface area (TPSA) is 74.7 Å². The molecule has 0 aromatic heterocycles. The summed E-state index contributed by atoms with van der Waals surface area (Å²) in [6, 6.07) is 5.02. The molecule has 0 amide bonds. The zero-order chi connectivity index (χ0) is 13.9. The zero-order valence-electron chi connectivity index (χ0n) is 10.00. The van der Waals surface area contributed by atoms with E-state index in [2.05, 4.69) is 0 Å². The van der Waals surface area contributed by atoms with Crippen molar-refractivity contribution in [3.63, 3.8) is 0 Å². The van der Waals surface area contributed by atoms with Crippen LogP contribution in [0.2, 0.25) is 0 Å². The molecular weight excluding hydrogens is 261 g/mol. The zero-order valence-corrected chi connectivity index (χ0v) is 10.8. The van der Waals surface area contributed by atoms with Gasteiger partial charge in [-0.1, -0.05) is 6.07 Å². The quantitative estimate of drug-likeness (QED) is 0.882. The highest BCUT2D eigenvalue weighted by Gasteiger charge is 2.33. The summed E-state index contributed by atoms with van der Waals surface area (Å²) in [4.78, 5) is 10.8. The first-order chi connectivity index (χ1) is 8.30. The van der Waals surface area contributed by atoms with E-state index in [1.54, 1.807) is 6.92 Å². The van der Waals surface area contributed by atoms with E-state index in [0.29, 0.717) is 0 Å².